The Morgan fingerprint density at radius 1 is 0.365 bits per heavy atom. The number of aliphatic hydroxyl groups excluding tert-OH is 2. The third-order valence-electron chi connectivity index (χ3n) is 15.7. The minimum absolute atomic E-state index is 0.0127. The number of amides is 1. The molecular formula is C68H131NO5. The zero-order valence-corrected chi connectivity index (χ0v) is 50.1. The average Bonchev–Trinajstić information content (AvgIpc) is 3.40. The van der Waals surface area contributed by atoms with Crippen LogP contribution in [-0.4, -0.2) is 47.4 Å². The fourth-order valence-electron chi connectivity index (χ4n) is 10.6. The number of allylic oxidation sites excluding steroid dienone is 3. The maximum absolute atomic E-state index is 12.4. The molecule has 0 aromatic rings. The van der Waals surface area contributed by atoms with E-state index < -0.39 is 12.1 Å². The molecule has 1 amide bonds. The standard InChI is InChI=1S/C68H131NO5/c1-3-5-7-9-11-13-15-16-38-42-46-50-54-58-62-68(73)74-63-59-55-51-47-43-39-36-34-32-30-28-26-24-22-20-18-17-19-21-23-25-27-29-31-33-35-37-41-45-49-53-57-61-67(72)69-65(64-70)66(71)60-56-52-48-44-40-14-12-10-8-6-4-2/h15-16,56,60,65-66,70-71H,3-14,17-55,57-59,61-64H2,1-2H3,(H,69,72)/b16-15-,60-56+. The van der Waals surface area contributed by atoms with Gasteiger partial charge in [0.1, 0.15) is 0 Å². The summed E-state index contributed by atoms with van der Waals surface area (Å²) in [4.78, 5) is 24.5. The first-order chi connectivity index (χ1) is 36.5. The summed E-state index contributed by atoms with van der Waals surface area (Å²) in [6.45, 7) is 4.90. The predicted molar refractivity (Wildman–Crippen MR) is 324 cm³/mol. The molecule has 0 bridgehead atoms. The lowest BCUT2D eigenvalue weighted by molar-refractivity contribution is -0.143. The lowest BCUT2D eigenvalue weighted by Crippen LogP contribution is -2.45. The number of rotatable bonds is 63. The molecule has 438 valence electrons. The van der Waals surface area contributed by atoms with Crippen LogP contribution in [0.4, 0.5) is 0 Å². The number of hydrogen-bond donors (Lipinski definition) is 3. The molecule has 0 heterocycles. The van der Waals surface area contributed by atoms with Gasteiger partial charge in [-0.25, -0.2) is 0 Å². The first-order valence-electron chi connectivity index (χ1n) is 33.6. The summed E-state index contributed by atoms with van der Waals surface area (Å²) in [5.41, 5.74) is 0. The fourth-order valence-corrected chi connectivity index (χ4v) is 10.6. The molecule has 0 fully saturated rings. The maximum atomic E-state index is 12.4. The van der Waals surface area contributed by atoms with Crippen molar-refractivity contribution in [3.05, 3.63) is 24.3 Å². The van der Waals surface area contributed by atoms with Gasteiger partial charge < -0.3 is 20.3 Å². The highest BCUT2D eigenvalue weighted by atomic mass is 16.5. The summed E-state index contributed by atoms with van der Waals surface area (Å²) < 4.78 is 5.49. The maximum Gasteiger partial charge on any atom is 0.305 e. The summed E-state index contributed by atoms with van der Waals surface area (Å²) in [5, 5.41) is 23.0. The molecule has 0 aromatic carbocycles. The monoisotopic (exact) mass is 1040 g/mol. The Bertz CT molecular complexity index is 1150. The first-order valence-corrected chi connectivity index (χ1v) is 33.6. The van der Waals surface area contributed by atoms with Crippen molar-refractivity contribution in [1.82, 2.24) is 5.32 Å². The van der Waals surface area contributed by atoms with Crippen LogP contribution in [0.2, 0.25) is 0 Å². The van der Waals surface area contributed by atoms with Gasteiger partial charge in [-0.15, -0.1) is 0 Å². The number of unbranched alkanes of at least 4 members (excludes halogenated alkanes) is 50. The van der Waals surface area contributed by atoms with Crippen molar-refractivity contribution in [2.45, 2.75) is 386 Å². The molecule has 0 saturated carbocycles. The summed E-state index contributed by atoms with van der Waals surface area (Å²) >= 11 is 0. The number of nitrogens with one attached hydrogen (secondary N) is 1. The lowest BCUT2D eigenvalue weighted by Gasteiger charge is -2.20. The van der Waals surface area contributed by atoms with Crippen LogP contribution in [0.1, 0.15) is 373 Å². The van der Waals surface area contributed by atoms with Gasteiger partial charge in [-0.05, 0) is 57.8 Å². The number of carbonyl (C=O) groups is 2. The van der Waals surface area contributed by atoms with E-state index in [1.54, 1.807) is 6.08 Å². The van der Waals surface area contributed by atoms with Gasteiger partial charge in [0, 0.05) is 12.8 Å². The van der Waals surface area contributed by atoms with Gasteiger partial charge >= 0.3 is 5.97 Å². The molecule has 74 heavy (non-hydrogen) atoms. The third kappa shape index (κ3) is 59.6. The summed E-state index contributed by atoms with van der Waals surface area (Å²) in [6, 6.07) is -0.622. The molecule has 0 aromatic heterocycles. The van der Waals surface area contributed by atoms with E-state index in [1.165, 1.54) is 302 Å². The molecule has 2 atom stereocenters. The summed E-state index contributed by atoms with van der Waals surface area (Å²) in [5.74, 6) is -0.0506. The lowest BCUT2D eigenvalue weighted by atomic mass is 10.0. The van der Waals surface area contributed by atoms with Crippen LogP contribution >= 0.6 is 0 Å². The molecule has 6 heteroatoms. The molecule has 3 N–H and O–H groups in total. The highest BCUT2D eigenvalue weighted by Gasteiger charge is 2.18. The van der Waals surface area contributed by atoms with Crippen molar-refractivity contribution >= 4 is 11.9 Å². The largest absolute Gasteiger partial charge is 0.466 e. The van der Waals surface area contributed by atoms with Gasteiger partial charge in [-0.1, -0.05) is 327 Å². The molecule has 0 aliphatic heterocycles. The zero-order chi connectivity index (χ0) is 53.6. The Hall–Kier alpha value is -1.66. The second kappa shape index (κ2) is 63.9. The topological polar surface area (TPSA) is 95.9 Å². The normalized spacial score (nSPS) is 12.6. The SMILES string of the molecule is CCCCCCC/C=C\CCCCCCCC(=O)OCCCCCCCCCCCCCCCCCCCCCCCCCCCCCCCCCCC(=O)NC(CO)C(O)/C=C/CCCCCCCCCCC. The van der Waals surface area contributed by atoms with Crippen LogP contribution in [0.3, 0.4) is 0 Å². The van der Waals surface area contributed by atoms with E-state index >= 15 is 0 Å². The third-order valence-corrected chi connectivity index (χ3v) is 15.7. The van der Waals surface area contributed by atoms with Crippen molar-refractivity contribution in [2.75, 3.05) is 13.2 Å². The van der Waals surface area contributed by atoms with Crippen LogP contribution in [-0.2, 0) is 14.3 Å². The fraction of sp³-hybridized carbons (Fsp3) is 0.912. The van der Waals surface area contributed by atoms with Crippen LogP contribution in [0, 0.1) is 0 Å². The molecule has 0 spiro atoms. The van der Waals surface area contributed by atoms with Gasteiger partial charge in [0.25, 0.3) is 0 Å². The Kier molecular flexibility index (Phi) is 62.4. The van der Waals surface area contributed by atoms with Crippen molar-refractivity contribution in [3.8, 4) is 0 Å². The smallest absolute Gasteiger partial charge is 0.305 e. The van der Waals surface area contributed by atoms with Crippen LogP contribution in [0.5, 0.6) is 0 Å². The van der Waals surface area contributed by atoms with E-state index in [9.17, 15) is 19.8 Å². The molecule has 6 nitrogen and oxygen atoms in total. The second-order valence-corrected chi connectivity index (χ2v) is 23.2. The molecule has 0 radical (unpaired) electrons. The van der Waals surface area contributed by atoms with E-state index in [0.717, 1.165) is 44.9 Å². The van der Waals surface area contributed by atoms with Gasteiger partial charge in [0.15, 0.2) is 0 Å². The van der Waals surface area contributed by atoms with Crippen molar-refractivity contribution in [1.29, 1.82) is 0 Å². The number of aliphatic hydroxyl groups is 2. The Morgan fingerprint density at radius 2 is 0.635 bits per heavy atom. The van der Waals surface area contributed by atoms with Gasteiger partial charge in [-0.3, -0.25) is 9.59 Å². The second-order valence-electron chi connectivity index (χ2n) is 23.2. The minimum atomic E-state index is -0.839. The summed E-state index contributed by atoms with van der Waals surface area (Å²) in [6.07, 6.45) is 79.8. The molecule has 0 rings (SSSR count). The minimum Gasteiger partial charge on any atom is -0.466 e. The zero-order valence-electron chi connectivity index (χ0n) is 50.1. The molecule has 2 unspecified atom stereocenters. The van der Waals surface area contributed by atoms with Crippen LogP contribution in [0.25, 0.3) is 0 Å². The Morgan fingerprint density at radius 3 is 0.959 bits per heavy atom. The van der Waals surface area contributed by atoms with E-state index in [2.05, 4.69) is 31.3 Å². The van der Waals surface area contributed by atoms with E-state index in [0.29, 0.717) is 19.4 Å². The summed E-state index contributed by atoms with van der Waals surface area (Å²) in [7, 11) is 0. The highest BCUT2D eigenvalue weighted by molar-refractivity contribution is 5.76. The number of ether oxygens (including phenoxy) is 1. The van der Waals surface area contributed by atoms with Gasteiger partial charge in [-0.2, -0.15) is 0 Å². The van der Waals surface area contributed by atoms with Crippen molar-refractivity contribution in [2.24, 2.45) is 0 Å². The van der Waals surface area contributed by atoms with Gasteiger partial charge in [0.05, 0.1) is 25.4 Å². The Balaban J connectivity index is 3.31. The van der Waals surface area contributed by atoms with E-state index in [1.807, 2.05) is 6.08 Å². The quantitative estimate of drug-likeness (QED) is 0.0320. The van der Waals surface area contributed by atoms with Gasteiger partial charge in [0.2, 0.25) is 5.91 Å². The number of esters is 1. The molecule has 0 aliphatic rings. The predicted octanol–water partition coefficient (Wildman–Crippen LogP) is 21.4. The van der Waals surface area contributed by atoms with E-state index in [4.69, 9.17) is 4.74 Å². The molecule has 0 aliphatic carbocycles. The average molecular weight is 1040 g/mol. The number of hydrogen-bond acceptors (Lipinski definition) is 5. The highest BCUT2D eigenvalue weighted by Crippen LogP contribution is 2.18. The van der Waals surface area contributed by atoms with Crippen molar-refractivity contribution < 1.29 is 24.5 Å². The van der Waals surface area contributed by atoms with Crippen molar-refractivity contribution in [3.63, 3.8) is 0 Å². The first kappa shape index (κ1) is 72.3. The number of carbonyl (C=O) groups excluding carboxylic acids is 2. The molecule has 0 saturated heterocycles. The molecular weight excluding hydrogens is 911 g/mol. The van der Waals surface area contributed by atoms with Crippen LogP contribution in [0.15, 0.2) is 24.3 Å². The Labute approximate surface area is 462 Å². The van der Waals surface area contributed by atoms with Crippen LogP contribution < -0.4 is 5.32 Å². The van der Waals surface area contributed by atoms with E-state index in [-0.39, 0.29) is 18.5 Å².